The molecule has 2 aromatic rings. The van der Waals surface area contributed by atoms with E-state index in [-0.39, 0.29) is 11.3 Å². The Bertz CT molecular complexity index is 692. The molecule has 0 bridgehead atoms. The predicted molar refractivity (Wildman–Crippen MR) is 91.3 cm³/mol. The summed E-state index contributed by atoms with van der Waals surface area (Å²) in [5.41, 5.74) is 5.06. The Kier molecular flexibility index (Phi) is 3.78. The van der Waals surface area contributed by atoms with Gasteiger partial charge in [0, 0.05) is 24.6 Å². The molecule has 2 heteroatoms. The summed E-state index contributed by atoms with van der Waals surface area (Å²) in [6, 6.07) is 17.0. The molecule has 1 atom stereocenters. The van der Waals surface area contributed by atoms with E-state index < -0.39 is 0 Å². The lowest BCUT2D eigenvalue weighted by Crippen LogP contribution is -2.34. The van der Waals surface area contributed by atoms with E-state index in [9.17, 15) is 4.79 Å². The third-order valence-electron chi connectivity index (χ3n) is 4.79. The van der Waals surface area contributed by atoms with Crippen LogP contribution >= 0.6 is 0 Å². The Morgan fingerprint density at radius 3 is 2.59 bits per heavy atom. The first kappa shape index (κ1) is 14.8. The van der Waals surface area contributed by atoms with Gasteiger partial charge in [0.25, 0.3) is 0 Å². The summed E-state index contributed by atoms with van der Waals surface area (Å²) in [5.74, 6) is 0.133. The number of carbonyl (C=O) groups excluding carboxylic acids is 1. The molecule has 0 fully saturated rings. The van der Waals surface area contributed by atoms with Crippen LogP contribution in [0.4, 0.5) is 5.69 Å². The molecule has 0 spiro atoms. The first-order valence-corrected chi connectivity index (χ1v) is 7.93. The molecule has 0 N–H and O–H groups in total. The molecule has 2 nitrogen and oxygen atoms in total. The zero-order valence-corrected chi connectivity index (χ0v) is 13.6. The second-order valence-electron chi connectivity index (χ2n) is 6.67. The minimum atomic E-state index is 0.0306. The van der Waals surface area contributed by atoms with Gasteiger partial charge >= 0.3 is 0 Å². The van der Waals surface area contributed by atoms with E-state index in [1.807, 2.05) is 4.90 Å². The maximum absolute atomic E-state index is 12.0. The van der Waals surface area contributed by atoms with Gasteiger partial charge in [-0.3, -0.25) is 4.79 Å². The van der Waals surface area contributed by atoms with E-state index in [0.717, 1.165) is 25.1 Å². The van der Waals surface area contributed by atoms with Gasteiger partial charge in [0.2, 0.25) is 5.91 Å². The van der Waals surface area contributed by atoms with Crippen LogP contribution in [0.25, 0.3) is 0 Å². The first-order chi connectivity index (χ1) is 10.5. The second-order valence-corrected chi connectivity index (χ2v) is 6.67. The second kappa shape index (κ2) is 5.60. The van der Waals surface area contributed by atoms with Crippen molar-refractivity contribution < 1.29 is 4.79 Å². The van der Waals surface area contributed by atoms with Crippen LogP contribution < -0.4 is 4.90 Å². The quantitative estimate of drug-likeness (QED) is 0.828. The van der Waals surface area contributed by atoms with Crippen molar-refractivity contribution in [1.29, 1.82) is 0 Å². The Morgan fingerprint density at radius 2 is 1.91 bits per heavy atom. The lowest BCUT2D eigenvalue weighted by atomic mass is 9.79. The van der Waals surface area contributed by atoms with E-state index in [4.69, 9.17) is 0 Å². The fourth-order valence-electron chi connectivity index (χ4n) is 3.45. The maximum Gasteiger partial charge on any atom is 0.223 e. The molecule has 1 unspecified atom stereocenters. The van der Waals surface area contributed by atoms with Gasteiger partial charge in [-0.25, -0.2) is 0 Å². The highest BCUT2D eigenvalue weighted by atomic mass is 16.2. The van der Waals surface area contributed by atoms with Crippen LogP contribution in [-0.4, -0.2) is 12.5 Å². The Balaban J connectivity index is 1.90. The van der Waals surface area contributed by atoms with Gasteiger partial charge in [0.05, 0.1) is 0 Å². The Morgan fingerprint density at radius 1 is 1.18 bits per heavy atom. The Hall–Kier alpha value is -2.09. The highest BCUT2D eigenvalue weighted by Gasteiger charge is 2.39. The van der Waals surface area contributed by atoms with E-state index in [1.165, 1.54) is 16.7 Å². The molecule has 0 aliphatic carbocycles. The average molecular weight is 293 g/mol. The lowest BCUT2D eigenvalue weighted by molar-refractivity contribution is -0.116. The summed E-state index contributed by atoms with van der Waals surface area (Å²) in [4.78, 5) is 13.9. The molecule has 1 amide bonds. The van der Waals surface area contributed by atoms with Crippen molar-refractivity contribution in [1.82, 2.24) is 0 Å². The van der Waals surface area contributed by atoms with Crippen molar-refractivity contribution in [3.8, 4) is 0 Å². The average Bonchev–Trinajstić information content (AvgIpc) is 2.80. The van der Waals surface area contributed by atoms with Crippen molar-refractivity contribution in [3.63, 3.8) is 0 Å². The van der Waals surface area contributed by atoms with Gasteiger partial charge in [0.15, 0.2) is 0 Å². The number of fused-ring (bicyclic) bond motifs is 1. The topological polar surface area (TPSA) is 20.3 Å². The first-order valence-electron chi connectivity index (χ1n) is 7.93. The minimum absolute atomic E-state index is 0.0306. The molecule has 0 aromatic heterocycles. The van der Waals surface area contributed by atoms with Crippen molar-refractivity contribution in [2.75, 3.05) is 11.4 Å². The van der Waals surface area contributed by atoms with Crippen LogP contribution in [-0.2, 0) is 16.6 Å². The molecule has 0 saturated carbocycles. The zero-order chi connectivity index (χ0) is 15.7. The van der Waals surface area contributed by atoms with E-state index in [0.29, 0.717) is 0 Å². The van der Waals surface area contributed by atoms with E-state index in [2.05, 4.69) is 62.4 Å². The fraction of sp³-hybridized carbons (Fsp3) is 0.350. The fourth-order valence-corrected chi connectivity index (χ4v) is 3.45. The normalized spacial score (nSPS) is 20.0. The summed E-state index contributed by atoms with van der Waals surface area (Å²) in [6.07, 6.45) is 2.09. The molecule has 2 aromatic carbocycles. The molecule has 22 heavy (non-hydrogen) atoms. The van der Waals surface area contributed by atoms with Crippen molar-refractivity contribution in [2.24, 2.45) is 0 Å². The molecule has 1 aliphatic rings. The van der Waals surface area contributed by atoms with E-state index >= 15 is 0 Å². The Labute approximate surface area is 132 Å². The molecule has 3 rings (SSSR count). The van der Waals surface area contributed by atoms with Crippen molar-refractivity contribution in [2.45, 2.75) is 39.0 Å². The largest absolute Gasteiger partial charge is 0.311 e. The highest BCUT2D eigenvalue weighted by Crippen LogP contribution is 2.43. The van der Waals surface area contributed by atoms with Crippen LogP contribution in [0.1, 0.15) is 37.0 Å². The number of nitrogens with zero attached hydrogens (tertiary/aromatic N) is 1. The third kappa shape index (κ3) is 2.66. The van der Waals surface area contributed by atoms with Crippen LogP contribution in [0.2, 0.25) is 0 Å². The molecular formula is C20H23NO. The molecule has 1 heterocycles. The van der Waals surface area contributed by atoms with Crippen LogP contribution in [0.3, 0.4) is 0 Å². The number of aryl methyl sites for hydroxylation is 2. The predicted octanol–water partition coefficient (Wildman–Crippen LogP) is 4.25. The number of amides is 1. The summed E-state index contributed by atoms with van der Waals surface area (Å²) < 4.78 is 0. The standard InChI is InChI=1S/C20H23NO/c1-15-9-10-19-18(13-15)20(3,14-21(19)16(2)22)12-11-17-7-5-4-6-8-17/h4-10,13H,11-12,14H2,1-3H3. The van der Waals surface area contributed by atoms with E-state index in [1.54, 1.807) is 6.92 Å². The summed E-state index contributed by atoms with van der Waals surface area (Å²) in [5, 5.41) is 0. The number of rotatable bonds is 3. The van der Waals surface area contributed by atoms with Gasteiger partial charge in [-0.05, 0) is 37.0 Å². The number of carbonyl (C=O) groups is 1. The molecule has 1 aliphatic heterocycles. The summed E-state index contributed by atoms with van der Waals surface area (Å²) in [6.45, 7) is 6.85. The van der Waals surface area contributed by atoms with Gasteiger partial charge in [-0.15, -0.1) is 0 Å². The third-order valence-corrected chi connectivity index (χ3v) is 4.79. The van der Waals surface area contributed by atoms with Gasteiger partial charge < -0.3 is 4.90 Å². The van der Waals surface area contributed by atoms with Gasteiger partial charge in [-0.2, -0.15) is 0 Å². The molecule has 0 saturated heterocycles. The monoisotopic (exact) mass is 293 g/mol. The SMILES string of the molecule is CC(=O)N1CC(C)(CCc2ccccc2)c2cc(C)ccc21. The number of anilines is 1. The highest BCUT2D eigenvalue weighted by molar-refractivity contribution is 5.94. The minimum Gasteiger partial charge on any atom is -0.311 e. The number of benzene rings is 2. The van der Waals surface area contributed by atoms with Crippen LogP contribution in [0.15, 0.2) is 48.5 Å². The van der Waals surface area contributed by atoms with Crippen LogP contribution in [0.5, 0.6) is 0 Å². The van der Waals surface area contributed by atoms with Crippen molar-refractivity contribution >= 4 is 11.6 Å². The molecule has 0 radical (unpaired) electrons. The number of hydrogen-bond donors (Lipinski definition) is 0. The summed E-state index contributed by atoms with van der Waals surface area (Å²) >= 11 is 0. The maximum atomic E-state index is 12.0. The summed E-state index contributed by atoms with van der Waals surface area (Å²) in [7, 11) is 0. The van der Waals surface area contributed by atoms with Gasteiger partial charge in [-0.1, -0.05) is 55.0 Å². The van der Waals surface area contributed by atoms with Gasteiger partial charge in [0.1, 0.15) is 0 Å². The molecular weight excluding hydrogens is 270 g/mol. The van der Waals surface area contributed by atoms with Crippen molar-refractivity contribution in [3.05, 3.63) is 65.2 Å². The zero-order valence-electron chi connectivity index (χ0n) is 13.6. The smallest absolute Gasteiger partial charge is 0.223 e. The lowest BCUT2D eigenvalue weighted by Gasteiger charge is -2.25. The molecule has 114 valence electrons. The number of hydrogen-bond acceptors (Lipinski definition) is 1. The van der Waals surface area contributed by atoms with Crippen LogP contribution in [0, 0.1) is 6.92 Å².